The van der Waals surface area contributed by atoms with Crippen molar-refractivity contribution in [3.05, 3.63) is 107 Å². The molecule has 256 valence electrons. The number of aromatic nitrogens is 1. The maximum Gasteiger partial charge on any atom is 0.249 e. The van der Waals surface area contributed by atoms with E-state index < -0.39 is 35.0 Å². The molecule has 0 fully saturated rings. The molecule has 1 aliphatic carbocycles. The van der Waals surface area contributed by atoms with Crippen LogP contribution in [0.2, 0.25) is 0 Å². The number of hydrogen-bond acceptors (Lipinski definition) is 6. The van der Waals surface area contributed by atoms with E-state index in [4.69, 9.17) is 10.5 Å². The van der Waals surface area contributed by atoms with Gasteiger partial charge in [-0.05, 0) is 68.0 Å². The first kappa shape index (κ1) is 36.4. The molecular formula is C38H46F2N4O4. The van der Waals surface area contributed by atoms with Crippen molar-refractivity contribution < 1.29 is 28.2 Å². The van der Waals surface area contributed by atoms with Crippen molar-refractivity contribution in [1.82, 2.24) is 15.2 Å². The Balaban J connectivity index is 1.63. The van der Waals surface area contributed by atoms with Gasteiger partial charge in [-0.3, -0.25) is 9.59 Å². The van der Waals surface area contributed by atoms with Crippen LogP contribution < -0.4 is 15.8 Å². The molecule has 4 rings (SSSR count). The van der Waals surface area contributed by atoms with E-state index in [0.717, 1.165) is 35.7 Å². The Morgan fingerprint density at radius 1 is 1.04 bits per heavy atom. The largest absolute Gasteiger partial charge is 0.481 e. The molecule has 0 saturated heterocycles. The summed E-state index contributed by atoms with van der Waals surface area (Å²) in [7, 11) is 1.56. The number of carbonyl (C=O) groups excluding carboxylic acids is 2. The molecule has 0 spiro atoms. The third-order valence-corrected chi connectivity index (χ3v) is 8.72. The second-order valence-corrected chi connectivity index (χ2v) is 12.5. The Bertz CT molecular complexity index is 1630. The van der Waals surface area contributed by atoms with E-state index in [0.29, 0.717) is 36.7 Å². The molecule has 48 heavy (non-hydrogen) atoms. The van der Waals surface area contributed by atoms with Crippen molar-refractivity contribution in [2.75, 3.05) is 26.7 Å². The molecule has 10 heteroatoms. The molecule has 0 bridgehead atoms. The summed E-state index contributed by atoms with van der Waals surface area (Å²) in [5.41, 5.74) is 8.54. The third kappa shape index (κ3) is 8.93. The predicted octanol–water partition coefficient (Wildman–Crippen LogP) is 5.74. The lowest BCUT2D eigenvalue weighted by molar-refractivity contribution is -0.132. The van der Waals surface area contributed by atoms with Crippen LogP contribution in [-0.4, -0.2) is 59.7 Å². The van der Waals surface area contributed by atoms with Crippen LogP contribution in [0, 0.1) is 23.0 Å². The average molecular weight is 661 g/mol. The normalized spacial score (nSPS) is 17.2. The number of aliphatic hydroxyl groups is 1. The summed E-state index contributed by atoms with van der Waals surface area (Å²) < 4.78 is 33.9. The highest BCUT2D eigenvalue weighted by Crippen LogP contribution is 2.44. The van der Waals surface area contributed by atoms with Gasteiger partial charge < -0.3 is 25.8 Å². The number of benzene rings is 2. The molecule has 1 aliphatic rings. The molecule has 3 aromatic rings. The lowest BCUT2D eigenvalue weighted by atomic mass is 9.63. The van der Waals surface area contributed by atoms with Gasteiger partial charge in [0.2, 0.25) is 17.7 Å². The number of hydrogen-bond donors (Lipinski definition) is 3. The van der Waals surface area contributed by atoms with Crippen molar-refractivity contribution in [3.8, 4) is 17.1 Å². The molecule has 0 radical (unpaired) electrons. The monoisotopic (exact) mass is 660 g/mol. The van der Waals surface area contributed by atoms with Crippen LogP contribution in [0.15, 0.2) is 84.0 Å². The van der Waals surface area contributed by atoms with Crippen LogP contribution in [0.5, 0.6) is 5.88 Å². The van der Waals surface area contributed by atoms with Crippen molar-refractivity contribution >= 4 is 11.8 Å². The zero-order valence-corrected chi connectivity index (χ0v) is 28.1. The van der Waals surface area contributed by atoms with Gasteiger partial charge in [0.15, 0.2) is 0 Å². The van der Waals surface area contributed by atoms with Crippen molar-refractivity contribution in [1.29, 1.82) is 0 Å². The fourth-order valence-corrected chi connectivity index (χ4v) is 6.59. The van der Waals surface area contributed by atoms with Crippen molar-refractivity contribution in [2.24, 2.45) is 17.1 Å². The number of halogens is 2. The second-order valence-electron chi connectivity index (χ2n) is 12.5. The maximum absolute atomic E-state index is 14.3. The first-order chi connectivity index (χ1) is 23.0. The van der Waals surface area contributed by atoms with E-state index in [2.05, 4.69) is 10.3 Å². The number of allylic oxidation sites excluding steroid dienone is 2. The minimum absolute atomic E-state index is 0.0385. The highest BCUT2D eigenvalue weighted by molar-refractivity contribution is 5.97. The van der Waals surface area contributed by atoms with Crippen LogP contribution in [0.4, 0.5) is 8.78 Å². The number of aliphatic hydroxyl groups excluding tert-OH is 1. The van der Waals surface area contributed by atoms with Gasteiger partial charge in [0.1, 0.15) is 11.6 Å². The van der Waals surface area contributed by atoms with E-state index in [9.17, 15) is 23.5 Å². The SMILES string of the molecule is CCCN(CCC)C(=O)C1=CC(C)=CC(C(N)=O)([C@H](Cc2cc(F)cc(F)c2)[C@@H](O)CNCc2cccc(-c3cccc(OC)n3)c2)C1. The van der Waals surface area contributed by atoms with Crippen molar-refractivity contribution in [3.63, 3.8) is 0 Å². The Kier molecular flexibility index (Phi) is 12.6. The topological polar surface area (TPSA) is 118 Å². The fraction of sp³-hybridized carbons (Fsp3) is 0.395. The Hall–Kier alpha value is -4.41. The Labute approximate surface area is 281 Å². The zero-order valence-electron chi connectivity index (χ0n) is 28.1. The van der Waals surface area contributed by atoms with E-state index >= 15 is 0 Å². The molecule has 0 saturated carbocycles. The van der Waals surface area contributed by atoms with Gasteiger partial charge in [-0.15, -0.1) is 0 Å². The number of rotatable bonds is 16. The number of methoxy groups -OCH3 is 1. The summed E-state index contributed by atoms with van der Waals surface area (Å²) in [5.74, 6) is -2.87. The summed E-state index contributed by atoms with van der Waals surface area (Å²) in [6, 6.07) is 16.4. The molecule has 8 nitrogen and oxygen atoms in total. The number of nitrogens with two attached hydrogens (primary N) is 1. The molecule has 2 aromatic carbocycles. The van der Waals surface area contributed by atoms with Gasteiger partial charge in [-0.2, -0.15) is 0 Å². The number of carbonyl (C=O) groups is 2. The highest BCUT2D eigenvalue weighted by atomic mass is 19.1. The molecule has 0 aliphatic heterocycles. The number of ether oxygens (including phenoxy) is 1. The molecule has 3 atom stereocenters. The van der Waals surface area contributed by atoms with Gasteiger partial charge in [0, 0.05) is 55.4 Å². The zero-order chi connectivity index (χ0) is 34.8. The van der Waals surface area contributed by atoms with E-state index in [1.54, 1.807) is 37.2 Å². The summed E-state index contributed by atoms with van der Waals surface area (Å²) in [6.07, 6.45) is 3.71. The number of amides is 2. The van der Waals surface area contributed by atoms with Gasteiger partial charge >= 0.3 is 0 Å². The number of nitrogens with one attached hydrogen (secondary N) is 1. The number of nitrogens with zero attached hydrogens (tertiary/aromatic N) is 2. The molecule has 4 N–H and O–H groups in total. The Morgan fingerprint density at radius 2 is 1.73 bits per heavy atom. The second kappa shape index (κ2) is 16.6. The average Bonchev–Trinajstić information content (AvgIpc) is 3.06. The highest BCUT2D eigenvalue weighted by Gasteiger charge is 2.48. The first-order valence-corrected chi connectivity index (χ1v) is 16.4. The van der Waals surface area contributed by atoms with Crippen LogP contribution in [0.25, 0.3) is 11.3 Å². The van der Waals surface area contributed by atoms with Crippen molar-refractivity contribution in [2.45, 2.75) is 59.1 Å². The summed E-state index contributed by atoms with van der Waals surface area (Å²) in [5, 5.41) is 15.1. The van der Waals surface area contributed by atoms with Crippen LogP contribution in [0.3, 0.4) is 0 Å². The predicted molar refractivity (Wildman–Crippen MR) is 183 cm³/mol. The van der Waals surface area contributed by atoms with Crippen LogP contribution >= 0.6 is 0 Å². The van der Waals surface area contributed by atoms with E-state index in [1.807, 2.05) is 50.2 Å². The minimum atomic E-state index is -1.50. The quantitative estimate of drug-likeness (QED) is 0.180. The van der Waals surface area contributed by atoms with Crippen LogP contribution in [-0.2, 0) is 22.6 Å². The summed E-state index contributed by atoms with van der Waals surface area (Å²) in [4.78, 5) is 33.6. The van der Waals surface area contributed by atoms with Gasteiger partial charge in [0.05, 0.1) is 24.3 Å². The Morgan fingerprint density at radius 3 is 2.38 bits per heavy atom. The summed E-state index contributed by atoms with van der Waals surface area (Å²) >= 11 is 0. The first-order valence-electron chi connectivity index (χ1n) is 16.4. The van der Waals surface area contributed by atoms with Gasteiger partial charge in [0.25, 0.3) is 0 Å². The minimum Gasteiger partial charge on any atom is -0.481 e. The summed E-state index contributed by atoms with van der Waals surface area (Å²) in [6.45, 7) is 7.30. The lowest BCUT2D eigenvalue weighted by Gasteiger charge is -2.42. The molecule has 1 heterocycles. The van der Waals surface area contributed by atoms with E-state index in [1.165, 1.54) is 12.1 Å². The van der Waals surface area contributed by atoms with Gasteiger partial charge in [-0.1, -0.05) is 55.8 Å². The number of pyridine rings is 1. The van der Waals surface area contributed by atoms with Crippen LogP contribution in [0.1, 0.15) is 51.2 Å². The maximum atomic E-state index is 14.3. The smallest absolute Gasteiger partial charge is 0.249 e. The lowest BCUT2D eigenvalue weighted by Crippen LogP contribution is -2.51. The van der Waals surface area contributed by atoms with E-state index in [-0.39, 0.29) is 30.9 Å². The van der Waals surface area contributed by atoms with Gasteiger partial charge in [-0.25, -0.2) is 13.8 Å². The molecule has 2 amide bonds. The standard InChI is InChI=1S/C38H46F2N4O4/c1-5-13-44(14-6-2)36(46)29-15-25(3)21-38(22-29,37(41)47)32(19-27-17-30(39)20-31(40)18-27)34(45)24-42-23-26-9-7-10-28(16-26)33-11-8-12-35(43-33)48-4/h7-12,15-18,20-21,32,34,42,45H,5-6,13-14,19,22-24H2,1-4H3,(H2,41,47)/t32-,34+,38?/m1/s1. The third-order valence-electron chi connectivity index (χ3n) is 8.72. The number of primary amides is 1. The fourth-order valence-electron chi connectivity index (χ4n) is 6.59. The molecule has 1 aromatic heterocycles. The molecular weight excluding hydrogens is 614 g/mol. The molecule has 1 unspecified atom stereocenters.